The first kappa shape index (κ1) is 18.8. The van der Waals surface area contributed by atoms with Crippen molar-refractivity contribution in [2.45, 2.75) is 63.0 Å². The molecule has 0 spiro atoms. The summed E-state index contributed by atoms with van der Waals surface area (Å²) in [6.45, 7) is 10.6. The molecule has 0 aliphatic rings. The maximum atomic E-state index is 10.2. The fraction of sp³-hybridized carbons (Fsp3) is 0.600. The first-order valence-corrected chi connectivity index (χ1v) is 7.49. The van der Waals surface area contributed by atoms with Gasteiger partial charge in [-0.15, -0.1) is 24.2 Å². The molecule has 0 aliphatic heterocycles. The van der Waals surface area contributed by atoms with Gasteiger partial charge in [-0.25, -0.2) is 0 Å². The van der Waals surface area contributed by atoms with E-state index in [-0.39, 0.29) is 18.4 Å². The summed E-state index contributed by atoms with van der Waals surface area (Å²) >= 11 is 1.84. The fourth-order valence-electron chi connectivity index (χ4n) is 1.92. The predicted molar refractivity (Wildman–Crippen MR) is 87.4 cm³/mol. The summed E-state index contributed by atoms with van der Waals surface area (Å²) in [5, 5.41) is 14.2. The predicted octanol–water partition coefficient (Wildman–Crippen LogP) is 4.03. The highest BCUT2D eigenvalue weighted by Gasteiger charge is 2.16. The third kappa shape index (κ3) is 6.66. The molecule has 0 heterocycles. The Labute approximate surface area is 127 Å². The van der Waals surface area contributed by atoms with Crippen LogP contribution in [0.2, 0.25) is 0 Å². The molecule has 0 amide bonds. The van der Waals surface area contributed by atoms with E-state index < -0.39 is 6.10 Å². The van der Waals surface area contributed by atoms with Crippen LogP contribution in [0.3, 0.4) is 0 Å². The van der Waals surface area contributed by atoms with Crippen LogP contribution in [0.15, 0.2) is 29.2 Å². The van der Waals surface area contributed by atoms with Gasteiger partial charge in [-0.2, -0.15) is 0 Å². The Balaban J connectivity index is 0.00000324. The van der Waals surface area contributed by atoms with E-state index in [2.05, 4.69) is 45.1 Å². The van der Waals surface area contributed by atoms with Gasteiger partial charge in [-0.05, 0) is 24.6 Å². The summed E-state index contributed by atoms with van der Waals surface area (Å²) in [6, 6.07) is 8.66. The number of halogens is 1. The smallest absolute Gasteiger partial charge is 0.0940 e. The Hall–Kier alpha value is -0.220. The highest BCUT2D eigenvalue weighted by atomic mass is 35.5. The van der Waals surface area contributed by atoms with Gasteiger partial charge in [0.2, 0.25) is 0 Å². The number of rotatable bonds is 6. The number of benzene rings is 1. The Bertz CT molecular complexity index is 354. The second-order valence-electron chi connectivity index (χ2n) is 5.29. The Kier molecular flexibility index (Phi) is 8.75. The molecule has 2 atom stereocenters. The van der Waals surface area contributed by atoms with Crippen molar-refractivity contribution in [2.24, 2.45) is 0 Å². The van der Waals surface area contributed by atoms with Crippen LogP contribution in [0.4, 0.5) is 0 Å². The SMILES string of the molecule is CC(C)NC(C)C(O)c1ccc(SC(C)C)cc1.Cl. The van der Waals surface area contributed by atoms with Gasteiger partial charge in [-0.1, -0.05) is 39.8 Å². The molecule has 19 heavy (non-hydrogen) atoms. The molecule has 4 heteroatoms. The number of aliphatic hydroxyl groups is 1. The van der Waals surface area contributed by atoms with Gasteiger partial charge in [0.05, 0.1) is 6.10 Å². The summed E-state index contributed by atoms with van der Waals surface area (Å²) in [4.78, 5) is 1.26. The molecular weight excluding hydrogens is 278 g/mol. The average molecular weight is 304 g/mol. The van der Waals surface area contributed by atoms with E-state index in [1.165, 1.54) is 4.90 Å². The van der Waals surface area contributed by atoms with Crippen molar-refractivity contribution in [1.82, 2.24) is 5.32 Å². The highest BCUT2D eigenvalue weighted by molar-refractivity contribution is 7.99. The third-order valence-electron chi connectivity index (χ3n) is 2.66. The molecule has 0 aromatic heterocycles. The van der Waals surface area contributed by atoms with Crippen LogP contribution in [-0.4, -0.2) is 22.4 Å². The number of thioether (sulfide) groups is 1. The molecular formula is C15H26ClNOS. The van der Waals surface area contributed by atoms with E-state index in [0.29, 0.717) is 11.3 Å². The molecule has 0 saturated heterocycles. The van der Waals surface area contributed by atoms with E-state index in [4.69, 9.17) is 0 Å². The van der Waals surface area contributed by atoms with Crippen LogP contribution in [0.25, 0.3) is 0 Å². The quantitative estimate of drug-likeness (QED) is 0.778. The Morgan fingerprint density at radius 3 is 1.95 bits per heavy atom. The second-order valence-corrected chi connectivity index (χ2v) is 6.94. The molecule has 1 rings (SSSR count). The summed E-state index contributed by atoms with van der Waals surface area (Å²) in [6.07, 6.45) is -0.453. The lowest BCUT2D eigenvalue weighted by Crippen LogP contribution is -2.36. The standard InChI is InChI=1S/C15H25NOS.ClH/c1-10(2)16-12(5)15(17)13-6-8-14(9-7-13)18-11(3)4;/h6-12,15-17H,1-5H3;1H. The van der Waals surface area contributed by atoms with Crippen LogP contribution >= 0.6 is 24.2 Å². The van der Waals surface area contributed by atoms with Crippen molar-refractivity contribution in [3.8, 4) is 0 Å². The highest BCUT2D eigenvalue weighted by Crippen LogP contribution is 2.25. The lowest BCUT2D eigenvalue weighted by molar-refractivity contribution is 0.131. The van der Waals surface area contributed by atoms with Gasteiger partial charge >= 0.3 is 0 Å². The maximum Gasteiger partial charge on any atom is 0.0940 e. The van der Waals surface area contributed by atoms with E-state index in [0.717, 1.165) is 5.56 Å². The second kappa shape index (κ2) is 8.85. The zero-order valence-electron chi connectivity index (χ0n) is 12.4. The van der Waals surface area contributed by atoms with Crippen LogP contribution in [0, 0.1) is 0 Å². The molecule has 0 bridgehead atoms. The van der Waals surface area contributed by atoms with Gasteiger partial charge in [0.25, 0.3) is 0 Å². The van der Waals surface area contributed by atoms with Gasteiger partial charge in [-0.3, -0.25) is 0 Å². The topological polar surface area (TPSA) is 32.3 Å². The lowest BCUT2D eigenvalue weighted by Gasteiger charge is -2.23. The minimum atomic E-state index is -0.453. The minimum Gasteiger partial charge on any atom is -0.387 e. The van der Waals surface area contributed by atoms with Crippen LogP contribution in [0.5, 0.6) is 0 Å². The molecule has 2 unspecified atom stereocenters. The lowest BCUT2D eigenvalue weighted by atomic mass is 10.0. The van der Waals surface area contributed by atoms with Crippen molar-refractivity contribution in [2.75, 3.05) is 0 Å². The van der Waals surface area contributed by atoms with E-state index in [1.807, 2.05) is 30.8 Å². The van der Waals surface area contributed by atoms with Crippen LogP contribution in [0.1, 0.15) is 46.3 Å². The Morgan fingerprint density at radius 1 is 1.00 bits per heavy atom. The summed E-state index contributed by atoms with van der Waals surface area (Å²) in [7, 11) is 0. The molecule has 0 fully saturated rings. The normalized spacial score (nSPS) is 14.3. The summed E-state index contributed by atoms with van der Waals surface area (Å²) in [5.41, 5.74) is 0.976. The number of nitrogens with one attached hydrogen (secondary N) is 1. The van der Waals surface area contributed by atoms with Gasteiger partial charge in [0.1, 0.15) is 0 Å². The zero-order chi connectivity index (χ0) is 13.7. The average Bonchev–Trinajstić information content (AvgIpc) is 2.27. The van der Waals surface area contributed by atoms with Crippen LogP contribution < -0.4 is 5.32 Å². The van der Waals surface area contributed by atoms with Crippen molar-refractivity contribution in [1.29, 1.82) is 0 Å². The van der Waals surface area contributed by atoms with Gasteiger partial charge < -0.3 is 10.4 Å². The summed E-state index contributed by atoms with van der Waals surface area (Å²) in [5.74, 6) is 0. The van der Waals surface area contributed by atoms with Crippen molar-refractivity contribution >= 4 is 24.2 Å². The molecule has 2 N–H and O–H groups in total. The van der Waals surface area contributed by atoms with Gasteiger partial charge in [0, 0.05) is 22.2 Å². The van der Waals surface area contributed by atoms with E-state index >= 15 is 0 Å². The largest absolute Gasteiger partial charge is 0.387 e. The molecule has 0 radical (unpaired) electrons. The minimum absolute atomic E-state index is 0. The fourth-order valence-corrected chi connectivity index (χ4v) is 2.76. The third-order valence-corrected chi connectivity index (χ3v) is 3.68. The zero-order valence-corrected chi connectivity index (χ0v) is 14.0. The number of hydrogen-bond acceptors (Lipinski definition) is 3. The number of aliphatic hydroxyl groups excluding tert-OH is 1. The van der Waals surface area contributed by atoms with Crippen molar-refractivity contribution in [3.05, 3.63) is 29.8 Å². The molecule has 1 aromatic carbocycles. The molecule has 110 valence electrons. The molecule has 1 aromatic rings. The molecule has 2 nitrogen and oxygen atoms in total. The maximum absolute atomic E-state index is 10.2. The van der Waals surface area contributed by atoms with E-state index in [1.54, 1.807) is 0 Å². The Morgan fingerprint density at radius 2 is 1.53 bits per heavy atom. The van der Waals surface area contributed by atoms with E-state index in [9.17, 15) is 5.11 Å². The van der Waals surface area contributed by atoms with Crippen molar-refractivity contribution < 1.29 is 5.11 Å². The number of hydrogen-bond donors (Lipinski definition) is 2. The first-order valence-electron chi connectivity index (χ1n) is 6.61. The summed E-state index contributed by atoms with van der Waals surface area (Å²) < 4.78 is 0. The van der Waals surface area contributed by atoms with Crippen molar-refractivity contribution in [3.63, 3.8) is 0 Å². The first-order chi connectivity index (χ1) is 8.40. The molecule has 0 saturated carbocycles. The van der Waals surface area contributed by atoms with Gasteiger partial charge in [0.15, 0.2) is 0 Å². The van der Waals surface area contributed by atoms with Crippen LogP contribution in [-0.2, 0) is 0 Å². The monoisotopic (exact) mass is 303 g/mol. The molecule has 0 aliphatic carbocycles.